The Hall–Kier alpha value is -1.16. The molecule has 0 saturated carbocycles. The van der Waals surface area contributed by atoms with Crippen molar-refractivity contribution < 1.29 is 14.3 Å². The van der Waals surface area contributed by atoms with Crippen LogP contribution < -0.4 is 9.47 Å². The van der Waals surface area contributed by atoms with Crippen LogP contribution in [0.2, 0.25) is 0 Å². The van der Waals surface area contributed by atoms with Gasteiger partial charge in [0.2, 0.25) is 0 Å². The molecule has 1 aromatic carbocycles. The number of methoxy groups -OCH3 is 1. The van der Waals surface area contributed by atoms with Gasteiger partial charge in [0.25, 0.3) is 0 Å². The fourth-order valence-electron chi connectivity index (χ4n) is 0.887. The highest BCUT2D eigenvalue weighted by Gasteiger charge is 2.03. The average molecular weight is 212 g/mol. The van der Waals surface area contributed by atoms with Gasteiger partial charge in [0, 0.05) is 5.75 Å². The van der Waals surface area contributed by atoms with Crippen LogP contribution in [0.3, 0.4) is 0 Å². The van der Waals surface area contributed by atoms with Gasteiger partial charge in [-0.25, -0.2) is 4.79 Å². The first-order valence-corrected chi connectivity index (χ1v) is 5.23. The molecular weight excluding hydrogens is 200 g/mol. The molecule has 1 rings (SSSR count). The van der Waals surface area contributed by atoms with E-state index in [1.165, 1.54) is 0 Å². The van der Waals surface area contributed by atoms with Gasteiger partial charge in [-0.2, -0.15) is 0 Å². The Morgan fingerprint density at radius 3 is 2.36 bits per heavy atom. The Morgan fingerprint density at radius 1 is 1.29 bits per heavy atom. The van der Waals surface area contributed by atoms with E-state index >= 15 is 0 Å². The van der Waals surface area contributed by atoms with Crippen molar-refractivity contribution in [2.24, 2.45) is 0 Å². The second-order valence-electron chi connectivity index (χ2n) is 2.46. The summed E-state index contributed by atoms with van der Waals surface area (Å²) in [4.78, 5) is 11.1. The summed E-state index contributed by atoms with van der Waals surface area (Å²) in [6.45, 7) is 1.90. The van der Waals surface area contributed by atoms with Gasteiger partial charge in [-0.3, -0.25) is 0 Å². The van der Waals surface area contributed by atoms with Crippen molar-refractivity contribution in [3.8, 4) is 11.5 Å². The lowest BCUT2D eigenvalue weighted by atomic mass is 10.3. The maximum Gasteiger partial charge on any atom is 0.372 e. The van der Waals surface area contributed by atoms with Crippen molar-refractivity contribution in [2.75, 3.05) is 12.9 Å². The molecule has 0 atom stereocenters. The average Bonchev–Trinajstić information content (AvgIpc) is 2.19. The number of carbonyl (C=O) groups excluding carboxylic acids is 1. The smallest absolute Gasteiger partial charge is 0.372 e. The molecule has 3 nitrogen and oxygen atoms in total. The van der Waals surface area contributed by atoms with E-state index in [4.69, 9.17) is 9.47 Å². The van der Waals surface area contributed by atoms with Crippen LogP contribution >= 0.6 is 11.8 Å². The van der Waals surface area contributed by atoms with Gasteiger partial charge in [0.15, 0.2) is 0 Å². The quantitative estimate of drug-likeness (QED) is 0.722. The van der Waals surface area contributed by atoms with Crippen molar-refractivity contribution in [3.63, 3.8) is 0 Å². The first kappa shape index (κ1) is 10.9. The second kappa shape index (κ2) is 5.54. The van der Waals surface area contributed by atoms with E-state index in [9.17, 15) is 4.79 Å². The Bertz CT molecular complexity index is 295. The largest absolute Gasteiger partial charge is 0.497 e. The minimum Gasteiger partial charge on any atom is -0.497 e. The lowest BCUT2D eigenvalue weighted by molar-refractivity contribution is 0.227. The van der Waals surface area contributed by atoms with E-state index in [0.717, 1.165) is 23.3 Å². The van der Waals surface area contributed by atoms with Gasteiger partial charge in [-0.1, -0.05) is 6.92 Å². The van der Waals surface area contributed by atoms with E-state index in [2.05, 4.69) is 0 Å². The molecule has 0 radical (unpaired) electrons. The highest BCUT2D eigenvalue weighted by Crippen LogP contribution is 2.18. The third-order valence-electron chi connectivity index (χ3n) is 1.52. The van der Waals surface area contributed by atoms with Crippen LogP contribution in [-0.4, -0.2) is 18.2 Å². The molecule has 0 N–H and O–H groups in total. The van der Waals surface area contributed by atoms with E-state index < -0.39 is 0 Å². The minimum absolute atomic E-state index is 0.280. The number of carbonyl (C=O) groups is 1. The van der Waals surface area contributed by atoms with Crippen LogP contribution in [0.5, 0.6) is 11.5 Å². The molecule has 1 aromatic rings. The zero-order valence-electron chi connectivity index (χ0n) is 8.15. The number of hydrogen-bond acceptors (Lipinski definition) is 4. The fourth-order valence-corrected chi connectivity index (χ4v) is 1.28. The zero-order chi connectivity index (χ0) is 10.4. The number of ether oxygens (including phenoxy) is 2. The predicted octanol–water partition coefficient (Wildman–Crippen LogP) is 2.95. The molecule has 0 spiro atoms. The van der Waals surface area contributed by atoms with Crippen molar-refractivity contribution in [1.82, 2.24) is 0 Å². The molecule has 76 valence electrons. The van der Waals surface area contributed by atoms with Crippen molar-refractivity contribution in [3.05, 3.63) is 24.3 Å². The topological polar surface area (TPSA) is 35.5 Å². The molecule has 0 amide bonds. The maximum atomic E-state index is 11.1. The highest BCUT2D eigenvalue weighted by molar-refractivity contribution is 8.13. The Balaban J connectivity index is 2.55. The molecule has 0 bridgehead atoms. The number of hydrogen-bond donors (Lipinski definition) is 0. The molecule has 4 heteroatoms. The van der Waals surface area contributed by atoms with E-state index in [0.29, 0.717) is 5.75 Å². The summed E-state index contributed by atoms with van der Waals surface area (Å²) in [6, 6.07) is 6.90. The standard InChI is InChI=1S/C10H12O3S/c1-3-14-10(11)13-9-6-4-8(12-2)5-7-9/h4-7H,3H2,1-2H3. The van der Waals surface area contributed by atoms with E-state index in [1.807, 2.05) is 6.92 Å². The molecule has 0 heterocycles. The summed E-state index contributed by atoms with van der Waals surface area (Å²) in [5.74, 6) is 2.00. The minimum atomic E-state index is -0.280. The summed E-state index contributed by atoms with van der Waals surface area (Å²) in [5, 5.41) is -0.280. The fraction of sp³-hybridized carbons (Fsp3) is 0.300. The van der Waals surface area contributed by atoms with Gasteiger partial charge in [0.1, 0.15) is 11.5 Å². The molecule has 0 aliphatic heterocycles. The summed E-state index contributed by atoms with van der Waals surface area (Å²) < 4.78 is 10.00. The Labute approximate surface area is 87.4 Å². The summed E-state index contributed by atoms with van der Waals surface area (Å²) in [5.41, 5.74) is 0. The maximum absolute atomic E-state index is 11.1. The zero-order valence-corrected chi connectivity index (χ0v) is 8.97. The van der Waals surface area contributed by atoms with Gasteiger partial charge in [-0.15, -0.1) is 0 Å². The molecule has 0 fully saturated rings. The predicted molar refractivity (Wildman–Crippen MR) is 57.2 cm³/mol. The third-order valence-corrected chi connectivity index (χ3v) is 2.13. The molecule has 0 aliphatic carbocycles. The highest BCUT2D eigenvalue weighted by atomic mass is 32.2. The number of thioether (sulfide) groups is 1. The van der Waals surface area contributed by atoms with Crippen molar-refractivity contribution >= 4 is 17.1 Å². The summed E-state index contributed by atoms with van der Waals surface area (Å²) in [7, 11) is 1.59. The van der Waals surface area contributed by atoms with E-state index in [1.54, 1.807) is 31.4 Å². The normalized spacial score (nSPS) is 9.57. The Kier molecular flexibility index (Phi) is 4.32. The summed E-state index contributed by atoms with van der Waals surface area (Å²) >= 11 is 1.14. The van der Waals surface area contributed by atoms with Crippen LogP contribution in [0.1, 0.15) is 6.92 Å². The molecular formula is C10H12O3S. The number of rotatable bonds is 3. The van der Waals surface area contributed by atoms with Crippen molar-refractivity contribution in [2.45, 2.75) is 6.92 Å². The molecule has 0 aromatic heterocycles. The number of benzene rings is 1. The monoisotopic (exact) mass is 212 g/mol. The molecule has 0 unspecified atom stereocenters. The van der Waals surface area contributed by atoms with Crippen LogP contribution in [0.4, 0.5) is 4.79 Å². The van der Waals surface area contributed by atoms with Crippen molar-refractivity contribution in [1.29, 1.82) is 0 Å². The molecule has 14 heavy (non-hydrogen) atoms. The lowest BCUT2D eigenvalue weighted by Gasteiger charge is -2.03. The first-order chi connectivity index (χ1) is 6.76. The van der Waals surface area contributed by atoms with Gasteiger partial charge >= 0.3 is 5.30 Å². The second-order valence-corrected chi connectivity index (χ2v) is 3.66. The SMILES string of the molecule is CCSC(=O)Oc1ccc(OC)cc1. The third kappa shape index (κ3) is 3.30. The Morgan fingerprint density at radius 2 is 1.86 bits per heavy atom. The lowest BCUT2D eigenvalue weighted by Crippen LogP contribution is -2.00. The van der Waals surface area contributed by atoms with Crippen LogP contribution in [0.15, 0.2) is 24.3 Å². The van der Waals surface area contributed by atoms with E-state index in [-0.39, 0.29) is 5.30 Å². The van der Waals surface area contributed by atoms with Crippen LogP contribution in [0, 0.1) is 0 Å². The van der Waals surface area contributed by atoms with Gasteiger partial charge < -0.3 is 9.47 Å². The van der Waals surface area contributed by atoms with Gasteiger partial charge in [-0.05, 0) is 36.0 Å². The van der Waals surface area contributed by atoms with Crippen LogP contribution in [0.25, 0.3) is 0 Å². The summed E-state index contributed by atoms with van der Waals surface area (Å²) in [6.07, 6.45) is 0. The molecule has 0 aliphatic rings. The first-order valence-electron chi connectivity index (χ1n) is 4.25. The van der Waals surface area contributed by atoms with Crippen LogP contribution in [-0.2, 0) is 0 Å². The van der Waals surface area contributed by atoms with Gasteiger partial charge in [0.05, 0.1) is 7.11 Å². The molecule has 0 saturated heterocycles.